The summed E-state index contributed by atoms with van der Waals surface area (Å²) in [5, 5.41) is 7.92. The van der Waals surface area contributed by atoms with Gasteiger partial charge in [-0.15, -0.1) is 5.11 Å². The number of aromatic nitrogens is 2. The first-order chi connectivity index (χ1) is 8.56. The molecule has 2 aromatic rings. The van der Waals surface area contributed by atoms with Crippen LogP contribution in [0.4, 0.5) is 29.0 Å². The van der Waals surface area contributed by atoms with E-state index in [0.29, 0.717) is 5.69 Å². The van der Waals surface area contributed by atoms with E-state index in [4.69, 9.17) is 17.2 Å². The Balaban J connectivity index is 2.31. The van der Waals surface area contributed by atoms with Crippen molar-refractivity contribution in [2.45, 2.75) is 0 Å². The lowest BCUT2D eigenvalue weighted by atomic mass is 10.3. The minimum absolute atomic E-state index is 0.00703. The zero-order valence-corrected chi connectivity index (χ0v) is 10.8. The fraction of sp³-hybridized carbons (Fsp3) is 0. The molecule has 0 aliphatic carbocycles. The van der Waals surface area contributed by atoms with E-state index in [0.717, 1.165) is 4.47 Å². The molecule has 0 aliphatic rings. The van der Waals surface area contributed by atoms with Crippen LogP contribution >= 0.6 is 15.9 Å². The molecule has 0 fully saturated rings. The molecule has 0 bridgehead atoms. The molecule has 0 atom stereocenters. The third-order valence-electron chi connectivity index (χ3n) is 2.05. The van der Waals surface area contributed by atoms with Gasteiger partial charge in [-0.1, -0.05) is 15.9 Å². The van der Waals surface area contributed by atoms with Crippen molar-refractivity contribution < 1.29 is 0 Å². The van der Waals surface area contributed by atoms with E-state index >= 15 is 0 Å². The maximum atomic E-state index is 5.64. The molecule has 0 amide bonds. The van der Waals surface area contributed by atoms with Crippen LogP contribution < -0.4 is 17.2 Å². The number of benzene rings is 1. The number of anilines is 3. The number of nitrogens with two attached hydrogens (primary N) is 3. The molecule has 0 saturated heterocycles. The topological polar surface area (TPSA) is 129 Å². The maximum absolute atomic E-state index is 5.64. The third kappa shape index (κ3) is 2.72. The Bertz CT molecular complexity index is 571. The Morgan fingerprint density at radius 3 is 2.00 bits per heavy atom. The fourth-order valence-electron chi connectivity index (χ4n) is 1.23. The number of hydrogen-bond donors (Lipinski definition) is 3. The van der Waals surface area contributed by atoms with Crippen LogP contribution in [-0.4, -0.2) is 9.97 Å². The maximum Gasteiger partial charge on any atom is 0.224 e. The van der Waals surface area contributed by atoms with Crippen molar-refractivity contribution in [3.05, 3.63) is 28.7 Å². The smallest absolute Gasteiger partial charge is 0.224 e. The second-order valence-corrected chi connectivity index (χ2v) is 4.29. The number of rotatable bonds is 2. The molecule has 7 nitrogen and oxygen atoms in total. The summed E-state index contributed by atoms with van der Waals surface area (Å²) in [6, 6.07) is 7.28. The molecule has 8 heteroatoms. The van der Waals surface area contributed by atoms with Crippen LogP contribution in [0.15, 0.2) is 39.0 Å². The Kier molecular flexibility index (Phi) is 3.38. The van der Waals surface area contributed by atoms with E-state index < -0.39 is 0 Å². The molecule has 0 unspecified atom stereocenters. The fourth-order valence-corrected chi connectivity index (χ4v) is 1.49. The summed E-state index contributed by atoms with van der Waals surface area (Å²) in [7, 11) is 0. The molecule has 0 saturated carbocycles. The molecule has 1 aromatic carbocycles. The first kappa shape index (κ1) is 12.2. The van der Waals surface area contributed by atoms with Crippen LogP contribution in [0.1, 0.15) is 0 Å². The highest BCUT2D eigenvalue weighted by atomic mass is 79.9. The van der Waals surface area contributed by atoms with E-state index in [1.807, 2.05) is 12.1 Å². The van der Waals surface area contributed by atoms with Crippen LogP contribution in [0, 0.1) is 0 Å². The van der Waals surface area contributed by atoms with Gasteiger partial charge >= 0.3 is 0 Å². The Morgan fingerprint density at radius 2 is 1.44 bits per heavy atom. The number of nitrogen functional groups attached to an aromatic ring is 3. The molecule has 0 spiro atoms. The van der Waals surface area contributed by atoms with Crippen LogP contribution in [0.5, 0.6) is 0 Å². The van der Waals surface area contributed by atoms with Gasteiger partial charge in [0.15, 0.2) is 17.3 Å². The van der Waals surface area contributed by atoms with Gasteiger partial charge in [0.2, 0.25) is 5.95 Å². The normalized spacial score (nSPS) is 10.9. The Hall–Kier alpha value is -2.22. The highest BCUT2D eigenvalue weighted by molar-refractivity contribution is 9.10. The van der Waals surface area contributed by atoms with Gasteiger partial charge in [0, 0.05) is 4.47 Å². The highest BCUT2D eigenvalue weighted by Gasteiger charge is 2.07. The molecule has 18 heavy (non-hydrogen) atoms. The lowest BCUT2D eigenvalue weighted by Gasteiger charge is -2.02. The Morgan fingerprint density at radius 1 is 0.889 bits per heavy atom. The second-order valence-electron chi connectivity index (χ2n) is 3.38. The standard InChI is InChI=1S/C10H10BrN7/c11-5-1-3-6(4-2-5)17-18-7-8(12)15-10(14)16-9(7)13/h1-4H,(H6,12,13,14,15,16). The molecular weight excluding hydrogens is 298 g/mol. The van der Waals surface area contributed by atoms with E-state index in [1.165, 1.54) is 0 Å². The summed E-state index contributed by atoms with van der Waals surface area (Å²) in [4.78, 5) is 7.53. The third-order valence-corrected chi connectivity index (χ3v) is 2.58. The SMILES string of the molecule is Nc1nc(N)c(N=Nc2ccc(Br)cc2)c(N)n1. The van der Waals surface area contributed by atoms with E-state index in [9.17, 15) is 0 Å². The van der Waals surface area contributed by atoms with E-state index in [1.54, 1.807) is 12.1 Å². The van der Waals surface area contributed by atoms with Crippen LogP contribution in [0.2, 0.25) is 0 Å². The summed E-state index contributed by atoms with van der Waals surface area (Å²) in [5.74, 6) is 0.203. The van der Waals surface area contributed by atoms with Crippen LogP contribution in [-0.2, 0) is 0 Å². The highest BCUT2D eigenvalue weighted by Crippen LogP contribution is 2.28. The second kappa shape index (κ2) is 4.96. The number of nitrogens with zero attached hydrogens (tertiary/aromatic N) is 4. The molecule has 1 heterocycles. The van der Waals surface area contributed by atoms with Crippen molar-refractivity contribution in [2.24, 2.45) is 10.2 Å². The molecule has 92 valence electrons. The van der Waals surface area contributed by atoms with E-state index in [2.05, 4.69) is 36.1 Å². The minimum atomic E-state index is 0.00703. The molecule has 0 aliphatic heterocycles. The van der Waals surface area contributed by atoms with Crippen LogP contribution in [0.25, 0.3) is 0 Å². The predicted molar refractivity (Wildman–Crippen MR) is 73.6 cm³/mol. The summed E-state index contributed by atoms with van der Waals surface area (Å²) < 4.78 is 0.955. The molecule has 1 aromatic heterocycles. The zero-order valence-electron chi connectivity index (χ0n) is 9.21. The van der Waals surface area contributed by atoms with Crippen molar-refractivity contribution in [3.63, 3.8) is 0 Å². The summed E-state index contributed by atoms with van der Waals surface area (Å²) in [6.07, 6.45) is 0. The van der Waals surface area contributed by atoms with Gasteiger partial charge in [-0.25, -0.2) is 0 Å². The predicted octanol–water partition coefficient (Wildman–Crippen LogP) is 2.40. The number of azo groups is 1. The van der Waals surface area contributed by atoms with Gasteiger partial charge < -0.3 is 17.2 Å². The lowest BCUT2D eigenvalue weighted by Crippen LogP contribution is -2.03. The first-order valence-electron chi connectivity index (χ1n) is 4.92. The average molecular weight is 308 g/mol. The zero-order chi connectivity index (χ0) is 13.1. The van der Waals surface area contributed by atoms with Crippen molar-refractivity contribution in [2.75, 3.05) is 17.2 Å². The lowest BCUT2D eigenvalue weighted by molar-refractivity contribution is 1.15. The van der Waals surface area contributed by atoms with Crippen molar-refractivity contribution >= 4 is 44.9 Å². The van der Waals surface area contributed by atoms with Gasteiger partial charge in [0.05, 0.1) is 5.69 Å². The Labute approximate surface area is 111 Å². The largest absolute Gasteiger partial charge is 0.382 e. The quantitative estimate of drug-likeness (QED) is 0.734. The summed E-state index contributed by atoms with van der Waals surface area (Å²) in [6.45, 7) is 0. The monoisotopic (exact) mass is 307 g/mol. The van der Waals surface area contributed by atoms with E-state index in [-0.39, 0.29) is 23.3 Å². The molecule has 0 radical (unpaired) electrons. The van der Waals surface area contributed by atoms with Gasteiger partial charge in [-0.05, 0) is 24.3 Å². The van der Waals surface area contributed by atoms with Gasteiger partial charge in [0.1, 0.15) is 0 Å². The molecular formula is C10H10BrN7. The average Bonchev–Trinajstić information content (AvgIpc) is 2.30. The van der Waals surface area contributed by atoms with Gasteiger partial charge in [-0.3, -0.25) is 0 Å². The van der Waals surface area contributed by atoms with Crippen molar-refractivity contribution in [1.82, 2.24) is 9.97 Å². The number of hydrogen-bond acceptors (Lipinski definition) is 7. The summed E-state index contributed by atoms with van der Waals surface area (Å²) in [5.41, 5.74) is 17.5. The molecule has 2 rings (SSSR count). The van der Waals surface area contributed by atoms with Crippen LogP contribution in [0.3, 0.4) is 0 Å². The number of halogens is 1. The minimum Gasteiger partial charge on any atom is -0.382 e. The summed E-state index contributed by atoms with van der Waals surface area (Å²) >= 11 is 3.33. The van der Waals surface area contributed by atoms with Gasteiger partial charge in [-0.2, -0.15) is 15.1 Å². The van der Waals surface area contributed by atoms with Crippen molar-refractivity contribution in [3.8, 4) is 0 Å². The van der Waals surface area contributed by atoms with Gasteiger partial charge in [0.25, 0.3) is 0 Å². The van der Waals surface area contributed by atoms with Crippen molar-refractivity contribution in [1.29, 1.82) is 0 Å². The molecule has 6 N–H and O–H groups in total. The first-order valence-corrected chi connectivity index (χ1v) is 5.71.